The van der Waals surface area contributed by atoms with Crippen LogP contribution >= 0.6 is 0 Å². The molecule has 1 heterocycles. The molecule has 0 aromatic rings. The molecule has 1 amide bonds. The minimum atomic E-state index is -0.688. The molecule has 1 unspecified atom stereocenters. The van der Waals surface area contributed by atoms with E-state index in [4.69, 9.17) is 14.2 Å². The minimum absolute atomic E-state index is 0.253. The van der Waals surface area contributed by atoms with Crippen LogP contribution in [0.25, 0.3) is 0 Å². The van der Waals surface area contributed by atoms with Gasteiger partial charge in [-0.2, -0.15) is 0 Å². The highest BCUT2D eigenvalue weighted by Crippen LogP contribution is 2.18. The van der Waals surface area contributed by atoms with Crippen LogP contribution in [-0.4, -0.2) is 43.5 Å². The molecule has 0 aromatic carbocycles. The Hall–Kier alpha value is -1.30. The number of carbonyl (C=O) groups is 2. The fraction of sp³-hybridized carbons (Fsp3) is 0.867. The standard InChI is InChI=1S/C15H27NO5/c1-10(2)7-20-13(17)12(6-11-8-19-9-11)16-14(18)21-15(3,4)5/h10-12H,6-9H2,1-5H3,(H,16,18). The molecule has 1 rings (SSSR count). The van der Waals surface area contributed by atoms with E-state index in [9.17, 15) is 9.59 Å². The Morgan fingerprint density at radius 1 is 1.29 bits per heavy atom. The number of esters is 1. The van der Waals surface area contributed by atoms with E-state index in [1.54, 1.807) is 20.8 Å². The topological polar surface area (TPSA) is 73.9 Å². The Morgan fingerprint density at radius 3 is 2.33 bits per heavy atom. The molecule has 0 radical (unpaired) electrons. The van der Waals surface area contributed by atoms with E-state index in [-0.39, 0.29) is 11.8 Å². The molecule has 6 nitrogen and oxygen atoms in total. The number of hydrogen-bond donors (Lipinski definition) is 1. The molecule has 6 heteroatoms. The van der Waals surface area contributed by atoms with Gasteiger partial charge in [-0.1, -0.05) is 13.8 Å². The predicted octanol–water partition coefficient (Wildman–Crippen LogP) is 2.12. The van der Waals surface area contributed by atoms with Crippen molar-refractivity contribution in [2.75, 3.05) is 19.8 Å². The quantitative estimate of drug-likeness (QED) is 0.761. The zero-order valence-corrected chi connectivity index (χ0v) is 13.6. The summed E-state index contributed by atoms with van der Waals surface area (Å²) in [5, 5.41) is 2.60. The molecule has 0 aromatic heterocycles. The number of hydrogen-bond acceptors (Lipinski definition) is 5. The minimum Gasteiger partial charge on any atom is -0.464 e. The zero-order valence-electron chi connectivity index (χ0n) is 13.6. The van der Waals surface area contributed by atoms with Gasteiger partial charge in [0.25, 0.3) is 0 Å². The van der Waals surface area contributed by atoms with E-state index < -0.39 is 23.7 Å². The second kappa shape index (κ2) is 7.64. The van der Waals surface area contributed by atoms with Crippen molar-refractivity contribution in [3.63, 3.8) is 0 Å². The maximum atomic E-state index is 12.1. The summed E-state index contributed by atoms with van der Waals surface area (Å²) in [5.74, 6) is 0.112. The monoisotopic (exact) mass is 301 g/mol. The summed E-state index contributed by atoms with van der Waals surface area (Å²) < 4.78 is 15.5. The van der Waals surface area contributed by atoms with Crippen molar-refractivity contribution in [2.45, 2.75) is 52.7 Å². The van der Waals surface area contributed by atoms with Gasteiger partial charge in [-0.05, 0) is 33.1 Å². The van der Waals surface area contributed by atoms with E-state index in [2.05, 4.69) is 5.32 Å². The van der Waals surface area contributed by atoms with E-state index in [1.807, 2.05) is 13.8 Å². The van der Waals surface area contributed by atoms with Gasteiger partial charge in [0, 0.05) is 5.92 Å². The maximum absolute atomic E-state index is 12.1. The van der Waals surface area contributed by atoms with Gasteiger partial charge in [-0.3, -0.25) is 0 Å². The molecule has 1 fully saturated rings. The third-order valence-electron chi connectivity index (χ3n) is 2.81. The van der Waals surface area contributed by atoms with Gasteiger partial charge in [0.05, 0.1) is 19.8 Å². The molecule has 1 aliphatic heterocycles. The lowest BCUT2D eigenvalue weighted by Gasteiger charge is -2.30. The Balaban J connectivity index is 2.54. The first-order chi connectivity index (χ1) is 9.67. The molecule has 1 aliphatic rings. The highest BCUT2D eigenvalue weighted by Gasteiger charge is 2.31. The average Bonchev–Trinajstić information content (AvgIpc) is 2.26. The van der Waals surface area contributed by atoms with Crippen LogP contribution in [0.4, 0.5) is 4.79 Å². The summed E-state index contributed by atoms with van der Waals surface area (Å²) in [6, 6.07) is -0.688. The lowest BCUT2D eigenvalue weighted by Crippen LogP contribution is -2.47. The van der Waals surface area contributed by atoms with Crippen LogP contribution in [0, 0.1) is 11.8 Å². The summed E-state index contributed by atoms with van der Waals surface area (Å²) in [7, 11) is 0. The molecule has 21 heavy (non-hydrogen) atoms. The molecule has 0 bridgehead atoms. The van der Waals surface area contributed by atoms with Gasteiger partial charge >= 0.3 is 12.1 Å². The average molecular weight is 301 g/mol. The Bertz CT molecular complexity index is 358. The predicted molar refractivity (Wildman–Crippen MR) is 77.9 cm³/mol. The van der Waals surface area contributed by atoms with E-state index >= 15 is 0 Å². The van der Waals surface area contributed by atoms with E-state index in [0.717, 1.165) is 0 Å². The van der Waals surface area contributed by atoms with Crippen molar-refractivity contribution in [3.8, 4) is 0 Å². The normalized spacial score (nSPS) is 17.0. The van der Waals surface area contributed by atoms with Gasteiger partial charge < -0.3 is 19.5 Å². The van der Waals surface area contributed by atoms with Gasteiger partial charge in [-0.15, -0.1) is 0 Å². The summed E-state index contributed by atoms with van der Waals surface area (Å²) in [5.41, 5.74) is -0.601. The van der Waals surface area contributed by atoms with Crippen molar-refractivity contribution >= 4 is 12.1 Å². The lowest BCUT2D eigenvalue weighted by atomic mass is 9.98. The Labute approximate surface area is 126 Å². The summed E-state index contributed by atoms with van der Waals surface area (Å²) >= 11 is 0. The Morgan fingerprint density at radius 2 is 1.90 bits per heavy atom. The van der Waals surface area contributed by atoms with Gasteiger partial charge in [-0.25, -0.2) is 9.59 Å². The van der Waals surface area contributed by atoms with Crippen LogP contribution in [0.15, 0.2) is 0 Å². The van der Waals surface area contributed by atoms with Crippen molar-refractivity contribution in [1.29, 1.82) is 0 Å². The number of nitrogens with one attached hydrogen (secondary N) is 1. The summed E-state index contributed by atoms with van der Waals surface area (Å²) in [4.78, 5) is 23.9. The number of ether oxygens (including phenoxy) is 3. The van der Waals surface area contributed by atoms with Crippen molar-refractivity contribution in [2.24, 2.45) is 11.8 Å². The highest BCUT2D eigenvalue weighted by molar-refractivity contribution is 5.81. The van der Waals surface area contributed by atoms with Crippen molar-refractivity contribution in [1.82, 2.24) is 5.32 Å². The van der Waals surface area contributed by atoms with Crippen LogP contribution in [0.3, 0.4) is 0 Å². The first kappa shape index (κ1) is 17.8. The van der Waals surface area contributed by atoms with Gasteiger partial charge in [0.15, 0.2) is 0 Å². The number of carbonyl (C=O) groups excluding carboxylic acids is 2. The van der Waals surface area contributed by atoms with Crippen LogP contribution in [0.1, 0.15) is 41.0 Å². The van der Waals surface area contributed by atoms with E-state index in [0.29, 0.717) is 26.2 Å². The molecule has 1 atom stereocenters. The Kier molecular flexibility index (Phi) is 6.45. The van der Waals surface area contributed by atoms with Gasteiger partial charge in [0.2, 0.25) is 0 Å². The SMILES string of the molecule is CC(C)COC(=O)C(CC1COC1)NC(=O)OC(C)(C)C. The third-order valence-corrected chi connectivity index (χ3v) is 2.81. The molecule has 0 spiro atoms. The smallest absolute Gasteiger partial charge is 0.408 e. The second-order valence-corrected chi connectivity index (χ2v) is 6.86. The lowest BCUT2D eigenvalue weighted by molar-refractivity contribution is -0.149. The fourth-order valence-corrected chi connectivity index (χ4v) is 1.77. The van der Waals surface area contributed by atoms with Crippen LogP contribution in [-0.2, 0) is 19.0 Å². The largest absolute Gasteiger partial charge is 0.464 e. The molecule has 122 valence electrons. The fourth-order valence-electron chi connectivity index (χ4n) is 1.77. The second-order valence-electron chi connectivity index (χ2n) is 6.86. The summed E-state index contributed by atoms with van der Waals surface area (Å²) in [6.07, 6.45) is -0.0925. The van der Waals surface area contributed by atoms with Crippen LogP contribution in [0.5, 0.6) is 0 Å². The first-order valence-electron chi connectivity index (χ1n) is 7.41. The van der Waals surface area contributed by atoms with Crippen molar-refractivity contribution in [3.05, 3.63) is 0 Å². The molecule has 1 saturated heterocycles. The molecule has 0 saturated carbocycles. The van der Waals surface area contributed by atoms with Crippen molar-refractivity contribution < 1.29 is 23.8 Å². The first-order valence-corrected chi connectivity index (χ1v) is 7.41. The third kappa shape index (κ3) is 7.32. The number of alkyl carbamates (subject to hydrolysis) is 1. The molecular weight excluding hydrogens is 274 g/mol. The number of amides is 1. The van der Waals surface area contributed by atoms with Crippen LogP contribution < -0.4 is 5.32 Å². The van der Waals surface area contributed by atoms with Gasteiger partial charge in [0.1, 0.15) is 11.6 Å². The van der Waals surface area contributed by atoms with E-state index in [1.165, 1.54) is 0 Å². The zero-order chi connectivity index (χ0) is 16.0. The van der Waals surface area contributed by atoms with Crippen LogP contribution in [0.2, 0.25) is 0 Å². The number of rotatable bonds is 6. The molecule has 0 aliphatic carbocycles. The molecular formula is C15H27NO5. The molecule has 1 N–H and O–H groups in total. The summed E-state index contributed by atoms with van der Waals surface area (Å²) in [6.45, 7) is 10.8. The highest BCUT2D eigenvalue weighted by atomic mass is 16.6. The maximum Gasteiger partial charge on any atom is 0.408 e.